The van der Waals surface area contributed by atoms with Gasteiger partial charge in [0.1, 0.15) is 0 Å². The van der Waals surface area contributed by atoms with Crippen molar-refractivity contribution in [3.8, 4) is 0 Å². The maximum Gasteiger partial charge on any atom is 0.284 e. The first-order valence-electron chi connectivity index (χ1n) is 7.50. The molecule has 124 valence electrons. The fourth-order valence-corrected chi connectivity index (χ4v) is 6.30. The summed E-state index contributed by atoms with van der Waals surface area (Å²) in [4.78, 5) is 0. The molecule has 2 saturated carbocycles. The van der Waals surface area contributed by atoms with Gasteiger partial charge in [0, 0.05) is 0 Å². The zero-order chi connectivity index (χ0) is 15.7. The Morgan fingerprint density at radius 2 is 1.14 bits per heavy atom. The Labute approximate surface area is 127 Å². The lowest BCUT2D eigenvalue weighted by molar-refractivity contribution is 0.170. The van der Waals surface area contributed by atoms with Gasteiger partial charge in [-0.15, -0.1) is 0 Å². The molecule has 0 saturated heterocycles. The van der Waals surface area contributed by atoms with Crippen molar-refractivity contribution in [2.24, 2.45) is 11.8 Å². The van der Waals surface area contributed by atoms with Crippen LogP contribution in [0.25, 0.3) is 0 Å². The molecule has 8 heteroatoms. The van der Waals surface area contributed by atoms with Crippen LogP contribution < -0.4 is 0 Å². The molecule has 2 fully saturated rings. The quantitative estimate of drug-likeness (QED) is 0.688. The van der Waals surface area contributed by atoms with Crippen LogP contribution in [0.2, 0.25) is 0 Å². The van der Waals surface area contributed by atoms with Crippen molar-refractivity contribution in [3.05, 3.63) is 0 Å². The van der Waals surface area contributed by atoms with E-state index in [1.165, 1.54) is 0 Å². The van der Waals surface area contributed by atoms with Gasteiger partial charge in [-0.25, -0.2) is 0 Å². The molecule has 4 atom stereocenters. The van der Waals surface area contributed by atoms with Gasteiger partial charge in [-0.2, -0.15) is 16.8 Å². The molecule has 2 rings (SSSR count). The van der Waals surface area contributed by atoms with Crippen LogP contribution in [0.5, 0.6) is 0 Å². The van der Waals surface area contributed by atoms with Gasteiger partial charge in [0.25, 0.3) is 20.2 Å². The van der Waals surface area contributed by atoms with Crippen LogP contribution in [0.4, 0.5) is 0 Å². The molecule has 0 aromatic carbocycles. The number of hydrogen-bond acceptors (Lipinski definition) is 6. The molecular weight excluding hydrogens is 316 g/mol. The monoisotopic (exact) mass is 340 g/mol. The van der Waals surface area contributed by atoms with Gasteiger partial charge in [0.2, 0.25) is 5.08 Å². The minimum absolute atomic E-state index is 0.137. The van der Waals surface area contributed by atoms with Gasteiger partial charge in [-0.3, -0.25) is 8.37 Å². The SMILES string of the molecule is CC1CCCC1OS(=O)(=O)CS(=O)(=O)OC1CCCC1C. The summed E-state index contributed by atoms with van der Waals surface area (Å²) in [5.74, 6) is 0.275. The van der Waals surface area contributed by atoms with Crippen molar-refractivity contribution in [1.29, 1.82) is 0 Å². The number of hydrogen-bond donors (Lipinski definition) is 0. The molecule has 6 nitrogen and oxygen atoms in total. The summed E-state index contributed by atoms with van der Waals surface area (Å²) < 4.78 is 57.8. The zero-order valence-corrected chi connectivity index (χ0v) is 14.2. The average molecular weight is 340 g/mol. The highest BCUT2D eigenvalue weighted by Crippen LogP contribution is 2.31. The Balaban J connectivity index is 1.94. The minimum Gasteiger partial charge on any atom is -0.266 e. The summed E-state index contributed by atoms with van der Waals surface area (Å²) in [7, 11) is -8.26. The highest BCUT2D eigenvalue weighted by Gasteiger charge is 2.35. The van der Waals surface area contributed by atoms with Crippen molar-refractivity contribution < 1.29 is 25.2 Å². The Morgan fingerprint density at radius 3 is 1.43 bits per heavy atom. The third-order valence-electron chi connectivity index (χ3n) is 4.39. The maximum absolute atomic E-state index is 11.9. The van der Waals surface area contributed by atoms with Gasteiger partial charge in [0.05, 0.1) is 12.2 Å². The third-order valence-corrected chi connectivity index (χ3v) is 7.78. The molecule has 2 aliphatic rings. The lowest BCUT2D eigenvalue weighted by Crippen LogP contribution is -2.29. The van der Waals surface area contributed by atoms with Crippen LogP contribution >= 0.6 is 0 Å². The lowest BCUT2D eigenvalue weighted by Gasteiger charge is -2.18. The van der Waals surface area contributed by atoms with E-state index in [4.69, 9.17) is 8.37 Å². The molecule has 0 bridgehead atoms. The molecule has 0 aliphatic heterocycles. The predicted molar refractivity (Wildman–Crippen MR) is 78.5 cm³/mol. The number of rotatable bonds is 6. The van der Waals surface area contributed by atoms with E-state index in [0.29, 0.717) is 12.8 Å². The van der Waals surface area contributed by atoms with Gasteiger partial charge < -0.3 is 0 Å². The topological polar surface area (TPSA) is 86.7 Å². The van der Waals surface area contributed by atoms with Gasteiger partial charge >= 0.3 is 0 Å². The standard InChI is InChI=1S/C13H24O6S2/c1-10-5-3-7-12(10)18-20(14,15)9-21(16,17)19-13-8-4-6-11(13)2/h10-13H,3-9H2,1-2H3. The summed E-state index contributed by atoms with van der Waals surface area (Å²) in [6.45, 7) is 3.83. The van der Waals surface area contributed by atoms with E-state index in [2.05, 4.69) is 0 Å². The third kappa shape index (κ3) is 4.91. The fourth-order valence-electron chi connectivity index (χ4n) is 3.12. The fraction of sp³-hybridized carbons (Fsp3) is 1.00. The molecule has 4 unspecified atom stereocenters. The molecule has 21 heavy (non-hydrogen) atoms. The van der Waals surface area contributed by atoms with E-state index < -0.39 is 37.5 Å². The molecule has 0 aromatic heterocycles. The molecule has 0 amide bonds. The molecule has 2 aliphatic carbocycles. The normalized spacial score (nSPS) is 34.4. The second kappa shape index (κ2) is 6.52. The summed E-state index contributed by atoms with van der Waals surface area (Å²) in [5.41, 5.74) is 0. The Morgan fingerprint density at radius 1 is 0.762 bits per heavy atom. The zero-order valence-electron chi connectivity index (χ0n) is 12.5. The smallest absolute Gasteiger partial charge is 0.266 e. The van der Waals surface area contributed by atoms with Crippen LogP contribution in [-0.2, 0) is 28.6 Å². The summed E-state index contributed by atoms with van der Waals surface area (Å²) >= 11 is 0. The van der Waals surface area contributed by atoms with Crippen LogP contribution in [0, 0.1) is 11.8 Å². The second-order valence-corrected chi connectivity index (χ2v) is 9.88. The van der Waals surface area contributed by atoms with Crippen LogP contribution in [0.3, 0.4) is 0 Å². The van der Waals surface area contributed by atoms with E-state index >= 15 is 0 Å². The molecule has 0 spiro atoms. The second-order valence-electron chi connectivity index (χ2n) is 6.32. The summed E-state index contributed by atoms with van der Waals surface area (Å²) in [6, 6.07) is 0. The summed E-state index contributed by atoms with van der Waals surface area (Å²) in [5, 5.41) is -1.09. The maximum atomic E-state index is 11.9. The van der Waals surface area contributed by atoms with Crippen molar-refractivity contribution in [1.82, 2.24) is 0 Å². The van der Waals surface area contributed by atoms with E-state index in [0.717, 1.165) is 25.7 Å². The summed E-state index contributed by atoms with van der Waals surface area (Å²) in [6.07, 6.45) is 4.12. The van der Waals surface area contributed by atoms with E-state index in [1.54, 1.807) is 0 Å². The van der Waals surface area contributed by atoms with Crippen LogP contribution in [0.1, 0.15) is 52.4 Å². The minimum atomic E-state index is -4.13. The highest BCUT2D eigenvalue weighted by molar-refractivity contribution is 8.03. The molecule has 0 aromatic rings. The molecular formula is C13H24O6S2. The highest BCUT2D eigenvalue weighted by atomic mass is 32.3. The predicted octanol–water partition coefficient (Wildman–Crippen LogP) is 2.01. The van der Waals surface area contributed by atoms with Crippen LogP contribution in [-0.4, -0.2) is 34.1 Å². The Hall–Kier alpha value is -0.180. The van der Waals surface area contributed by atoms with Gasteiger partial charge in [-0.1, -0.05) is 26.7 Å². The molecule has 0 heterocycles. The first kappa shape index (κ1) is 17.2. The van der Waals surface area contributed by atoms with Crippen molar-refractivity contribution >= 4 is 20.2 Å². The Kier molecular flexibility index (Phi) is 5.33. The first-order chi connectivity index (χ1) is 9.69. The van der Waals surface area contributed by atoms with Gasteiger partial charge in [0.15, 0.2) is 0 Å². The molecule has 0 N–H and O–H groups in total. The van der Waals surface area contributed by atoms with Crippen molar-refractivity contribution in [2.45, 2.75) is 64.6 Å². The van der Waals surface area contributed by atoms with Crippen molar-refractivity contribution in [3.63, 3.8) is 0 Å². The lowest BCUT2D eigenvalue weighted by atomic mass is 10.1. The van der Waals surface area contributed by atoms with E-state index in [-0.39, 0.29) is 11.8 Å². The van der Waals surface area contributed by atoms with Crippen LogP contribution in [0.15, 0.2) is 0 Å². The van der Waals surface area contributed by atoms with E-state index in [9.17, 15) is 16.8 Å². The van der Waals surface area contributed by atoms with E-state index in [1.807, 2.05) is 13.8 Å². The Bertz CT molecular complexity index is 503. The average Bonchev–Trinajstić information content (AvgIpc) is 2.87. The first-order valence-corrected chi connectivity index (χ1v) is 10.7. The molecule has 0 radical (unpaired) electrons. The van der Waals surface area contributed by atoms with Crippen molar-refractivity contribution in [2.75, 3.05) is 5.08 Å². The largest absolute Gasteiger partial charge is 0.284 e. The van der Waals surface area contributed by atoms with Gasteiger partial charge in [-0.05, 0) is 37.5 Å².